The van der Waals surface area contributed by atoms with E-state index in [0.29, 0.717) is 22.3 Å². The number of amides is 2. The van der Waals surface area contributed by atoms with Gasteiger partial charge in [0.2, 0.25) is 0 Å². The van der Waals surface area contributed by atoms with Gasteiger partial charge in [-0.25, -0.2) is 0 Å². The van der Waals surface area contributed by atoms with E-state index in [1.54, 1.807) is 18.2 Å². The lowest BCUT2D eigenvalue weighted by atomic mass is 10.1. The normalized spacial score (nSPS) is 15.0. The zero-order valence-electron chi connectivity index (χ0n) is 20.5. The van der Waals surface area contributed by atoms with Gasteiger partial charge >= 0.3 is 0 Å². The number of fused-ring (bicyclic) bond motifs is 1. The smallest absolute Gasteiger partial charge is 0.256 e. The van der Waals surface area contributed by atoms with Crippen LogP contribution in [0.3, 0.4) is 0 Å². The van der Waals surface area contributed by atoms with Gasteiger partial charge in [0.1, 0.15) is 0 Å². The molecular formula is C28H30N6O2. The molecule has 3 N–H and O–H groups in total. The number of aromatic nitrogens is 2. The number of hydrogen-bond acceptors (Lipinski definition) is 5. The number of anilines is 2. The molecule has 184 valence electrons. The molecule has 8 nitrogen and oxygen atoms in total. The van der Waals surface area contributed by atoms with Crippen molar-refractivity contribution in [2.75, 3.05) is 43.4 Å². The van der Waals surface area contributed by atoms with Crippen molar-refractivity contribution in [1.29, 1.82) is 0 Å². The maximum atomic E-state index is 12.9. The van der Waals surface area contributed by atoms with Crippen LogP contribution in [0.25, 0.3) is 10.9 Å². The summed E-state index contributed by atoms with van der Waals surface area (Å²) in [6, 6.07) is 22.6. The van der Waals surface area contributed by atoms with E-state index in [1.807, 2.05) is 61.5 Å². The second-order valence-corrected chi connectivity index (χ2v) is 9.23. The lowest BCUT2D eigenvalue weighted by Gasteiger charge is -2.34. The number of nitrogens with zero attached hydrogens (tertiary/aromatic N) is 3. The van der Waals surface area contributed by atoms with Gasteiger partial charge in [0.15, 0.2) is 5.82 Å². The highest BCUT2D eigenvalue weighted by Gasteiger charge is 2.17. The van der Waals surface area contributed by atoms with E-state index in [0.717, 1.165) is 42.9 Å². The molecule has 4 aromatic rings. The molecule has 1 saturated heterocycles. The van der Waals surface area contributed by atoms with E-state index in [-0.39, 0.29) is 17.9 Å². The summed E-state index contributed by atoms with van der Waals surface area (Å²) < 4.78 is 0. The first kappa shape index (κ1) is 23.6. The standard InChI is InChI=1S/C28H30N6O2/c1-19(20-6-4-3-5-7-20)29-28(36)22-10-13-25-24(18-22)26(32-31-25)30-27(35)21-8-11-23(12-9-21)34-16-14-33(2)15-17-34/h3-13,18-19H,14-17H2,1-2H3,(H,29,36)(H2,30,31,32,35). The molecule has 1 aromatic heterocycles. The first-order valence-corrected chi connectivity index (χ1v) is 12.2. The van der Waals surface area contributed by atoms with Crippen LogP contribution in [0, 0.1) is 0 Å². The number of piperazine rings is 1. The van der Waals surface area contributed by atoms with E-state index < -0.39 is 0 Å². The lowest BCUT2D eigenvalue weighted by molar-refractivity contribution is 0.0939. The molecule has 2 heterocycles. The molecule has 1 unspecified atom stereocenters. The third-order valence-corrected chi connectivity index (χ3v) is 6.70. The van der Waals surface area contributed by atoms with Crippen LogP contribution in [0.15, 0.2) is 72.8 Å². The molecular weight excluding hydrogens is 452 g/mol. The number of aromatic amines is 1. The Bertz CT molecular complexity index is 1360. The Labute approximate surface area is 210 Å². The summed E-state index contributed by atoms with van der Waals surface area (Å²) in [5.41, 5.74) is 3.93. The number of benzene rings is 3. The van der Waals surface area contributed by atoms with Gasteiger partial charge in [0.25, 0.3) is 11.8 Å². The number of carbonyl (C=O) groups excluding carboxylic acids is 2. The van der Waals surface area contributed by atoms with Crippen LogP contribution in [0.1, 0.15) is 39.2 Å². The Hall–Kier alpha value is -4.17. The lowest BCUT2D eigenvalue weighted by Crippen LogP contribution is -2.44. The van der Waals surface area contributed by atoms with Crippen LogP contribution in [0.2, 0.25) is 0 Å². The highest BCUT2D eigenvalue weighted by molar-refractivity contribution is 6.09. The van der Waals surface area contributed by atoms with Gasteiger partial charge in [-0.1, -0.05) is 30.3 Å². The van der Waals surface area contributed by atoms with Crippen molar-refractivity contribution >= 4 is 34.2 Å². The number of rotatable bonds is 6. The van der Waals surface area contributed by atoms with Crippen molar-refractivity contribution < 1.29 is 9.59 Å². The molecule has 0 bridgehead atoms. The molecule has 2 amide bonds. The Morgan fingerprint density at radius 2 is 1.58 bits per heavy atom. The second-order valence-electron chi connectivity index (χ2n) is 9.23. The monoisotopic (exact) mass is 482 g/mol. The van der Waals surface area contributed by atoms with Crippen molar-refractivity contribution in [2.45, 2.75) is 13.0 Å². The number of hydrogen-bond donors (Lipinski definition) is 3. The minimum atomic E-state index is -0.249. The van der Waals surface area contributed by atoms with Gasteiger partial charge in [0, 0.05) is 48.4 Å². The summed E-state index contributed by atoms with van der Waals surface area (Å²) >= 11 is 0. The Morgan fingerprint density at radius 1 is 0.889 bits per heavy atom. The van der Waals surface area contributed by atoms with Crippen LogP contribution in [0.4, 0.5) is 11.5 Å². The van der Waals surface area contributed by atoms with Crippen molar-refractivity contribution in [3.63, 3.8) is 0 Å². The van der Waals surface area contributed by atoms with Crippen LogP contribution < -0.4 is 15.5 Å². The molecule has 0 radical (unpaired) electrons. The number of nitrogens with one attached hydrogen (secondary N) is 3. The first-order valence-electron chi connectivity index (χ1n) is 12.2. The summed E-state index contributed by atoms with van der Waals surface area (Å²) in [5.74, 6) is -0.0454. The molecule has 1 aliphatic rings. The van der Waals surface area contributed by atoms with Crippen molar-refractivity contribution in [3.05, 3.63) is 89.5 Å². The van der Waals surface area contributed by atoms with E-state index >= 15 is 0 Å². The molecule has 3 aromatic carbocycles. The molecule has 1 atom stereocenters. The summed E-state index contributed by atoms with van der Waals surface area (Å²) in [7, 11) is 2.13. The predicted molar refractivity (Wildman–Crippen MR) is 143 cm³/mol. The highest BCUT2D eigenvalue weighted by Crippen LogP contribution is 2.24. The van der Waals surface area contributed by atoms with Gasteiger partial charge in [-0.2, -0.15) is 5.10 Å². The molecule has 0 aliphatic carbocycles. The Kier molecular flexibility index (Phi) is 6.69. The van der Waals surface area contributed by atoms with Crippen LogP contribution >= 0.6 is 0 Å². The fourth-order valence-corrected chi connectivity index (χ4v) is 4.42. The van der Waals surface area contributed by atoms with Crippen molar-refractivity contribution in [3.8, 4) is 0 Å². The largest absolute Gasteiger partial charge is 0.369 e. The van der Waals surface area contributed by atoms with Crippen molar-refractivity contribution in [2.24, 2.45) is 0 Å². The molecule has 36 heavy (non-hydrogen) atoms. The Morgan fingerprint density at radius 3 is 2.31 bits per heavy atom. The second kappa shape index (κ2) is 10.2. The number of likely N-dealkylation sites (N-methyl/N-ethyl adjacent to an activating group) is 1. The maximum Gasteiger partial charge on any atom is 0.256 e. The fourth-order valence-electron chi connectivity index (χ4n) is 4.42. The summed E-state index contributed by atoms with van der Waals surface area (Å²) in [6.07, 6.45) is 0. The highest BCUT2D eigenvalue weighted by atomic mass is 16.2. The van der Waals surface area contributed by atoms with E-state index in [4.69, 9.17) is 0 Å². The third-order valence-electron chi connectivity index (χ3n) is 6.70. The average molecular weight is 483 g/mol. The van der Waals surface area contributed by atoms with Gasteiger partial charge in [0.05, 0.1) is 11.6 Å². The van der Waals surface area contributed by atoms with Crippen LogP contribution in [-0.4, -0.2) is 60.1 Å². The predicted octanol–water partition coefficient (Wildman–Crippen LogP) is 4.06. The summed E-state index contributed by atoms with van der Waals surface area (Å²) in [6.45, 7) is 5.95. The molecule has 1 fully saturated rings. The topological polar surface area (TPSA) is 93.4 Å². The SMILES string of the molecule is CC(NC(=O)c1ccc2[nH]nc(NC(=O)c3ccc(N4CCN(C)CC4)cc3)c2c1)c1ccccc1. The van der Waals surface area contributed by atoms with Gasteiger partial charge in [-0.15, -0.1) is 0 Å². The van der Waals surface area contributed by atoms with Crippen LogP contribution in [0.5, 0.6) is 0 Å². The molecule has 0 saturated carbocycles. The molecule has 0 spiro atoms. The minimum absolute atomic E-state index is 0.133. The Balaban J connectivity index is 1.28. The molecule has 1 aliphatic heterocycles. The number of H-pyrrole nitrogens is 1. The van der Waals surface area contributed by atoms with Gasteiger partial charge in [-0.05, 0) is 62.0 Å². The molecule has 8 heteroatoms. The summed E-state index contributed by atoms with van der Waals surface area (Å²) in [4.78, 5) is 30.5. The zero-order valence-corrected chi connectivity index (χ0v) is 20.5. The fraction of sp³-hybridized carbons (Fsp3) is 0.250. The minimum Gasteiger partial charge on any atom is -0.369 e. The average Bonchev–Trinajstić information content (AvgIpc) is 3.31. The van der Waals surface area contributed by atoms with Crippen molar-refractivity contribution in [1.82, 2.24) is 20.4 Å². The number of carbonyl (C=O) groups is 2. The third kappa shape index (κ3) is 5.08. The zero-order chi connectivity index (χ0) is 25.1. The summed E-state index contributed by atoms with van der Waals surface area (Å²) in [5, 5.41) is 13.8. The van der Waals surface area contributed by atoms with Gasteiger partial charge in [-0.3, -0.25) is 14.7 Å². The van der Waals surface area contributed by atoms with Crippen LogP contribution in [-0.2, 0) is 0 Å². The quantitative estimate of drug-likeness (QED) is 0.385. The first-order chi connectivity index (χ1) is 17.5. The van der Waals surface area contributed by atoms with E-state index in [2.05, 4.69) is 37.7 Å². The van der Waals surface area contributed by atoms with E-state index in [1.165, 1.54) is 0 Å². The van der Waals surface area contributed by atoms with Gasteiger partial charge < -0.3 is 20.4 Å². The maximum absolute atomic E-state index is 12.9. The van der Waals surface area contributed by atoms with E-state index in [9.17, 15) is 9.59 Å². The molecule has 5 rings (SSSR count).